The van der Waals surface area contributed by atoms with Gasteiger partial charge in [0.15, 0.2) is 11.0 Å². The van der Waals surface area contributed by atoms with E-state index in [-0.39, 0.29) is 5.25 Å². The molecule has 3 aromatic rings. The molecule has 1 aliphatic carbocycles. The molecule has 6 heteroatoms. The molecule has 1 fully saturated rings. The van der Waals surface area contributed by atoms with Crippen molar-refractivity contribution in [2.45, 2.75) is 36.2 Å². The predicted molar refractivity (Wildman–Crippen MR) is 105 cm³/mol. The highest BCUT2D eigenvalue weighted by Crippen LogP contribution is 2.34. The highest BCUT2D eigenvalue weighted by molar-refractivity contribution is 8.00. The zero-order chi connectivity index (χ0) is 17.9. The summed E-state index contributed by atoms with van der Waals surface area (Å²) in [5, 5.41) is 10.3. The number of hydrogen-bond donors (Lipinski definition) is 0. The number of Topliss-reactive ketones (excluding diaryl/α,β-unsaturated/α-hetero) is 1. The van der Waals surface area contributed by atoms with Gasteiger partial charge in [-0.1, -0.05) is 53.7 Å². The van der Waals surface area contributed by atoms with Crippen LogP contribution in [0.1, 0.15) is 24.8 Å². The van der Waals surface area contributed by atoms with Gasteiger partial charge in [-0.15, -0.1) is 10.2 Å². The minimum Gasteiger partial charge on any atom is -0.298 e. The van der Waals surface area contributed by atoms with Gasteiger partial charge in [0.25, 0.3) is 0 Å². The van der Waals surface area contributed by atoms with Crippen LogP contribution in [0.25, 0.3) is 11.4 Å². The van der Waals surface area contributed by atoms with E-state index >= 15 is 0 Å². The molecule has 0 radical (unpaired) electrons. The largest absolute Gasteiger partial charge is 0.298 e. The van der Waals surface area contributed by atoms with Crippen LogP contribution in [0.3, 0.4) is 0 Å². The second kappa shape index (κ2) is 7.64. The number of benzene rings is 2. The van der Waals surface area contributed by atoms with Gasteiger partial charge in [-0.05, 0) is 42.7 Å². The maximum atomic E-state index is 12.1. The smallest absolute Gasteiger partial charge is 0.192 e. The van der Waals surface area contributed by atoms with Crippen molar-refractivity contribution in [1.82, 2.24) is 14.8 Å². The number of aromatic nitrogens is 3. The van der Waals surface area contributed by atoms with Crippen LogP contribution >= 0.6 is 23.4 Å². The number of thioether (sulfide) groups is 1. The second-order valence-electron chi connectivity index (χ2n) is 6.35. The lowest BCUT2D eigenvalue weighted by molar-refractivity contribution is -0.116. The van der Waals surface area contributed by atoms with Crippen molar-refractivity contribution < 1.29 is 4.79 Å². The van der Waals surface area contributed by atoms with Crippen molar-refractivity contribution in [3.8, 4) is 11.4 Å². The monoisotopic (exact) mass is 383 g/mol. The Morgan fingerprint density at radius 1 is 1.08 bits per heavy atom. The van der Waals surface area contributed by atoms with E-state index in [0.717, 1.165) is 29.4 Å². The van der Waals surface area contributed by atoms with Gasteiger partial charge in [0.05, 0.1) is 11.8 Å². The molecule has 0 unspecified atom stereocenters. The van der Waals surface area contributed by atoms with Crippen LogP contribution in [0.4, 0.5) is 0 Å². The topological polar surface area (TPSA) is 47.8 Å². The van der Waals surface area contributed by atoms with Crippen LogP contribution in [-0.4, -0.2) is 25.8 Å². The summed E-state index contributed by atoms with van der Waals surface area (Å²) in [5.41, 5.74) is 2.13. The quantitative estimate of drug-likeness (QED) is 0.631. The summed E-state index contributed by atoms with van der Waals surface area (Å²) in [7, 11) is 0. The van der Waals surface area contributed by atoms with E-state index in [0.29, 0.717) is 23.8 Å². The summed E-state index contributed by atoms with van der Waals surface area (Å²) in [4.78, 5) is 12.1. The molecular formula is C20H18ClN3OS. The summed E-state index contributed by atoms with van der Waals surface area (Å²) in [6.07, 6.45) is 2.56. The number of rotatable bonds is 5. The molecule has 132 valence electrons. The fourth-order valence-electron chi connectivity index (χ4n) is 3.13. The third kappa shape index (κ3) is 3.69. The Morgan fingerprint density at radius 2 is 1.85 bits per heavy atom. The molecule has 1 aromatic heterocycles. The number of carbonyl (C=O) groups excluding carboxylic acids is 1. The van der Waals surface area contributed by atoms with E-state index in [9.17, 15) is 4.79 Å². The Kier molecular flexibility index (Phi) is 5.09. The van der Waals surface area contributed by atoms with E-state index in [4.69, 9.17) is 11.6 Å². The summed E-state index contributed by atoms with van der Waals surface area (Å²) in [5.74, 6) is 1.11. The van der Waals surface area contributed by atoms with Crippen molar-refractivity contribution in [2.24, 2.45) is 0 Å². The molecule has 4 rings (SSSR count). The number of halogens is 1. The molecule has 1 atom stereocenters. The molecule has 2 aromatic carbocycles. The first-order valence-electron chi connectivity index (χ1n) is 8.63. The van der Waals surface area contributed by atoms with E-state index in [1.54, 1.807) is 0 Å². The molecule has 1 saturated carbocycles. The Balaban J connectivity index is 1.71. The lowest BCUT2D eigenvalue weighted by Gasteiger charge is -2.12. The summed E-state index contributed by atoms with van der Waals surface area (Å²) in [6, 6.07) is 17.8. The van der Waals surface area contributed by atoms with Crippen LogP contribution in [0.15, 0.2) is 59.8 Å². The summed E-state index contributed by atoms with van der Waals surface area (Å²) < 4.78 is 2.09. The SMILES string of the molecule is O=C1CCC[C@@H]1Sc1nnc(-c2ccc(Cl)cc2)n1Cc1ccccc1. The van der Waals surface area contributed by atoms with Gasteiger partial charge >= 0.3 is 0 Å². The van der Waals surface area contributed by atoms with E-state index in [1.807, 2.05) is 42.5 Å². The fourth-order valence-corrected chi connectivity index (χ4v) is 4.41. The van der Waals surface area contributed by atoms with Crippen molar-refractivity contribution >= 4 is 29.1 Å². The molecule has 0 spiro atoms. The molecule has 1 heterocycles. The fraction of sp³-hybridized carbons (Fsp3) is 0.250. The van der Waals surface area contributed by atoms with Gasteiger partial charge in [0, 0.05) is 17.0 Å². The van der Waals surface area contributed by atoms with E-state index < -0.39 is 0 Å². The molecule has 0 amide bonds. The summed E-state index contributed by atoms with van der Waals surface area (Å²) in [6.45, 7) is 0.662. The van der Waals surface area contributed by atoms with Gasteiger partial charge in [0.2, 0.25) is 0 Å². The highest BCUT2D eigenvalue weighted by Gasteiger charge is 2.28. The second-order valence-corrected chi connectivity index (χ2v) is 7.96. The maximum absolute atomic E-state index is 12.1. The number of nitrogens with zero attached hydrogens (tertiary/aromatic N) is 3. The Hall–Kier alpha value is -2.11. The molecule has 0 N–H and O–H groups in total. The Labute approximate surface area is 161 Å². The minimum absolute atomic E-state index is 0.00760. The Morgan fingerprint density at radius 3 is 2.54 bits per heavy atom. The first kappa shape index (κ1) is 17.3. The number of ketones is 1. The Bertz CT molecular complexity index is 909. The van der Waals surface area contributed by atoms with E-state index in [1.165, 1.54) is 17.3 Å². The van der Waals surface area contributed by atoms with Crippen LogP contribution in [0.2, 0.25) is 5.02 Å². The number of hydrogen-bond acceptors (Lipinski definition) is 4. The first-order valence-corrected chi connectivity index (χ1v) is 9.89. The van der Waals surface area contributed by atoms with Gasteiger partial charge in [-0.2, -0.15) is 0 Å². The molecule has 0 bridgehead atoms. The zero-order valence-corrected chi connectivity index (χ0v) is 15.7. The average Bonchev–Trinajstić information content (AvgIpc) is 3.24. The average molecular weight is 384 g/mol. The molecule has 26 heavy (non-hydrogen) atoms. The highest BCUT2D eigenvalue weighted by atomic mass is 35.5. The molecule has 0 aliphatic heterocycles. The van der Waals surface area contributed by atoms with Crippen LogP contribution in [-0.2, 0) is 11.3 Å². The third-order valence-corrected chi connectivity index (χ3v) is 6.05. The van der Waals surface area contributed by atoms with Gasteiger partial charge in [0.1, 0.15) is 5.78 Å². The lowest BCUT2D eigenvalue weighted by atomic mass is 10.2. The molecule has 4 nitrogen and oxygen atoms in total. The molecule has 0 saturated heterocycles. The van der Waals surface area contributed by atoms with Crippen molar-refractivity contribution in [3.05, 3.63) is 65.2 Å². The van der Waals surface area contributed by atoms with Crippen molar-refractivity contribution in [1.29, 1.82) is 0 Å². The molecule has 1 aliphatic rings. The molecular weight excluding hydrogens is 366 g/mol. The van der Waals surface area contributed by atoms with Crippen LogP contribution in [0.5, 0.6) is 0 Å². The minimum atomic E-state index is -0.00760. The van der Waals surface area contributed by atoms with Crippen LogP contribution in [0, 0.1) is 0 Å². The predicted octanol–water partition coefficient (Wildman–Crippen LogP) is 4.86. The van der Waals surface area contributed by atoms with Gasteiger partial charge in [-0.25, -0.2) is 0 Å². The summed E-state index contributed by atoms with van der Waals surface area (Å²) >= 11 is 7.56. The lowest BCUT2D eigenvalue weighted by Crippen LogP contribution is -2.11. The van der Waals surface area contributed by atoms with Gasteiger partial charge < -0.3 is 0 Å². The normalized spacial score (nSPS) is 17.0. The zero-order valence-electron chi connectivity index (χ0n) is 14.1. The van der Waals surface area contributed by atoms with E-state index in [2.05, 4.69) is 26.9 Å². The van der Waals surface area contributed by atoms with Crippen molar-refractivity contribution in [3.63, 3.8) is 0 Å². The number of carbonyl (C=O) groups is 1. The van der Waals surface area contributed by atoms with Gasteiger partial charge in [-0.3, -0.25) is 9.36 Å². The maximum Gasteiger partial charge on any atom is 0.192 e. The standard InChI is InChI=1S/C20H18ClN3OS/c21-16-11-9-15(10-12-16)19-22-23-20(26-18-8-4-7-17(18)25)24(19)13-14-5-2-1-3-6-14/h1-3,5-6,9-12,18H,4,7-8,13H2/t18-/m0/s1. The van der Waals surface area contributed by atoms with Crippen molar-refractivity contribution in [2.75, 3.05) is 0 Å². The third-order valence-electron chi connectivity index (χ3n) is 4.50. The van der Waals surface area contributed by atoms with Crippen LogP contribution < -0.4 is 0 Å². The first-order chi connectivity index (χ1) is 12.7.